The molecule has 0 unspecified atom stereocenters. The van der Waals surface area contributed by atoms with Gasteiger partial charge in [0.25, 0.3) is 0 Å². The average Bonchev–Trinajstić information content (AvgIpc) is 3.10. The maximum Gasteiger partial charge on any atom is 0.224 e. The van der Waals surface area contributed by atoms with Gasteiger partial charge in [-0.3, -0.25) is 4.79 Å². The van der Waals surface area contributed by atoms with Crippen LogP contribution in [0.25, 0.3) is 0 Å². The summed E-state index contributed by atoms with van der Waals surface area (Å²) in [5, 5.41) is 2.96. The van der Waals surface area contributed by atoms with Crippen LogP contribution in [-0.4, -0.2) is 24.0 Å². The number of anilines is 2. The van der Waals surface area contributed by atoms with Gasteiger partial charge < -0.3 is 16.0 Å². The molecule has 136 valence electrons. The second-order valence-corrected chi connectivity index (χ2v) is 5.91. The van der Waals surface area contributed by atoms with E-state index in [4.69, 9.17) is 5.73 Å². The minimum Gasteiger partial charge on any atom is -0.399 e. The average molecular weight is 383 g/mol. The van der Waals surface area contributed by atoms with Gasteiger partial charge in [-0.1, -0.05) is 12.1 Å². The molecule has 25 heavy (non-hydrogen) atoms. The number of amides is 1. The van der Waals surface area contributed by atoms with Crippen molar-refractivity contribution in [3.63, 3.8) is 0 Å². The Bertz CT molecular complexity index is 673. The highest BCUT2D eigenvalue weighted by atomic mass is 35.5. The van der Waals surface area contributed by atoms with E-state index in [9.17, 15) is 4.79 Å². The highest BCUT2D eigenvalue weighted by Gasteiger charge is 2.13. The molecular weight excluding hydrogens is 359 g/mol. The lowest BCUT2D eigenvalue weighted by atomic mass is 10.1. The van der Waals surface area contributed by atoms with Crippen molar-refractivity contribution in [3.8, 4) is 0 Å². The Balaban J connectivity index is 0.00000156. The molecule has 3 N–H and O–H groups in total. The van der Waals surface area contributed by atoms with E-state index in [1.54, 1.807) is 0 Å². The van der Waals surface area contributed by atoms with Crippen molar-refractivity contribution < 1.29 is 4.79 Å². The summed E-state index contributed by atoms with van der Waals surface area (Å²) in [7, 11) is 0. The van der Waals surface area contributed by atoms with Crippen LogP contribution in [0.4, 0.5) is 11.5 Å². The Morgan fingerprint density at radius 2 is 1.76 bits per heavy atom. The Kier molecular flexibility index (Phi) is 8.52. The molecule has 1 aromatic carbocycles. The predicted molar refractivity (Wildman–Crippen MR) is 107 cm³/mol. The summed E-state index contributed by atoms with van der Waals surface area (Å²) in [5.41, 5.74) is 8.39. The van der Waals surface area contributed by atoms with Gasteiger partial charge in [-0.2, -0.15) is 0 Å². The first kappa shape index (κ1) is 21.1. The molecule has 7 heteroatoms. The number of rotatable bonds is 5. The van der Waals surface area contributed by atoms with Crippen molar-refractivity contribution in [3.05, 3.63) is 53.7 Å². The molecule has 0 aliphatic carbocycles. The second kappa shape index (κ2) is 10.1. The Morgan fingerprint density at radius 3 is 2.44 bits per heavy atom. The van der Waals surface area contributed by atoms with E-state index >= 15 is 0 Å². The number of nitrogen functional groups attached to an aromatic ring is 1. The number of nitrogens with one attached hydrogen (secondary N) is 1. The summed E-state index contributed by atoms with van der Waals surface area (Å²) in [6.07, 6.45) is 4.63. The van der Waals surface area contributed by atoms with E-state index < -0.39 is 0 Å². The highest BCUT2D eigenvalue weighted by molar-refractivity contribution is 5.85. The molecule has 0 saturated carbocycles. The number of hydrogen-bond donors (Lipinski definition) is 2. The van der Waals surface area contributed by atoms with Gasteiger partial charge in [-0.05, 0) is 48.2 Å². The maximum atomic E-state index is 12.0. The molecule has 0 radical (unpaired) electrons. The van der Waals surface area contributed by atoms with Crippen LogP contribution in [-0.2, 0) is 17.8 Å². The van der Waals surface area contributed by atoms with Crippen molar-refractivity contribution in [2.45, 2.75) is 25.8 Å². The van der Waals surface area contributed by atoms with Gasteiger partial charge in [0.05, 0.1) is 6.42 Å². The maximum absolute atomic E-state index is 12.0. The molecule has 0 spiro atoms. The van der Waals surface area contributed by atoms with E-state index in [1.165, 1.54) is 12.8 Å². The number of benzene rings is 1. The number of carbonyl (C=O) groups excluding carboxylic acids is 1. The molecule has 1 fully saturated rings. The Labute approximate surface area is 160 Å². The first-order chi connectivity index (χ1) is 11.2. The van der Waals surface area contributed by atoms with Gasteiger partial charge in [0.2, 0.25) is 5.91 Å². The summed E-state index contributed by atoms with van der Waals surface area (Å²) in [4.78, 5) is 18.8. The van der Waals surface area contributed by atoms with Crippen LogP contribution in [0.5, 0.6) is 0 Å². The second-order valence-electron chi connectivity index (χ2n) is 5.91. The van der Waals surface area contributed by atoms with Crippen LogP contribution >= 0.6 is 24.8 Å². The zero-order valence-corrected chi connectivity index (χ0v) is 15.6. The van der Waals surface area contributed by atoms with Gasteiger partial charge in [0, 0.05) is 31.5 Å². The van der Waals surface area contributed by atoms with Gasteiger partial charge in [-0.15, -0.1) is 24.8 Å². The molecule has 1 aliphatic heterocycles. The van der Waals surface area contributed by atoms with Crippen molar-refractivity contribution in [1.82, 2.24) is 10.3 Å². The minimum absolute atomic E-state index is 0. The normalized spacial score (nSPS) is 12.9. The van der Waals surface area contributed by atoms with E-state index in [1.807, 2.05) is 36.5 Å². The fraction of sp³-hybridized carbons (Fsp3) is 0.333. The van der Waals surface area contributed by atoms with Gasteiger partial charge in [-0.25, -0.2) is 4.98 Å². The zero-order valence-electron chi connectivity index (χ0n) is 14.0. The number of nitrogens with zero attached hydrogens (tertiary/aromatic N) is 2. The molecule has 1 saturated heterocycles. The summed E-state index contributed by atoms with van der Waals surface area (Å²) in [6, 6.07) is 11.4. The highest BCUT2D eigenvalue weighted by Crippen LogP contribution is 2.18. The van der Waals surface area contributed by atoms with Gasteiger partial charge in [0.1, 0.15) is 5.82 Å². The molecule has 3 rings (SSSR count). The monoisotopic (exact) mass is 382 g/mol. The summed E-state index contributed by atoms with van der Waals surface area (Å²) < 4.78 is 0. The van der Waals surface area contributed by atoms with Crippen molar-refractivity contribution in [2.75, 3.05) is 23.7 Å². The molecule has 1 aliphatic rings. The molecule has 0 bridgehead atoms. The number of pyridine rings is 1. The molecule has 1 aromatic heterocycles. The third kappa shape index (κ3) is 6.11. The number of halogens is 2. The van der Waals surface area contributed by atoms with Crippen molar-refractivity contribution in [1.29, 1.82) is 0 Å². The number of aromatic nitrogens is 1. The Hall–Kier alpha value is -1.98. The fourth-order valence-electron chi connectivity index (χ4n) is 2.77. The number of carbonyl (C=O) groups is 1. The van der Waals surface area contributed by atoms with Crippen LogP contribution in [0.15, 0.2) is 42.6 Å². The molecule has 2 aromatic rings. The third-order valence-corrected chi connectivity index (χ3v) is 4.07. The lowest BCUT2D eigenvalue weighted by Gasteiger charge is -2.17. The van der Waals surface area contributed by atoms with E-state index in [0.717, 1.165) is 30.0 Å². The molecule has 2 heterocycles. The summed E-state index contributed by atoms with van der Waals surface area (Å²) in [6.45, 7) is 2.66. The van der Waals surface area contributed by atoms with Crippen LogP contribution in [0.3, 0.4) is 0 Å². The Morgan fingerprint density at radius 1 is 1.08 bits per heavy atom. The molecule has 1 amide bonds. The smallest absolute Gasteiger partial charge is 0.224 e. The van der Waals surface area contributed by atoms with Crippen molar-refractivity contribution in [2.24, 2.45) is 0 Å². The van der Waals surface area contributed by atoms with Gasteiger partial charge >= 0.3 is 0 Å². The predicted octanol–water partition coefficient (Wildman–Crippen LogP) is 2.97. The topological polar surface area (TPSA) is 71.2 Å². The molecule has 0 atom stereocenters. The first-order valence-electron chi connectivity index (χ1n) is 8.02. The van der Waals surface area contributed by atoms with E-state index in [0.29, 0.717) is 18.7 Å². The lowest BCUT2D eigenvalue weighted by molar-refractivity contribution is -0.120. The number of hydrogen-bond acceptors (Lipinski definition) is 4. The lowest BCUT2D eigenvalue weighted by Crippen LogP contribution is -2.25. The fourth-order valence-corrected chi connectivity index (χ4v) is 2.77. The largest absolute Gasteiger partial charge is 0.399 e. The van der Waals surface area contributed by atoms with Crippen LogP contribution in [0, 0.1) is 0 Å². The minimum atomic E-state index is 0. The number of nitrogens with two attached hydrogens (primary N) is 1. The van der Waals surface area contributed by atoms with E-state index in [-0.39, 0.29) is 30.7 Å². The van der Waals surface area contributed by atoms with Crippen molar-refractivity contribution >= 4 is 42.2 Å². The zero-order chi connectivity index (χ0) is 16.1. The van der Waals surface area contributed by atoms with Crippen LogP contribution in [0.2, 0.25) is 0 Å². The van der Waals surface area contributed by atoms with Gasteiger partial charge in [0.15, 0.2) is 0 Å². The van der Waals surface area contributed by atoms with E-state index in [2.05, 4.69) is 21.3 Å². The first-order valence-corrected chi connectivity index (χ1v) is 8.02. The third-order valence-electron chi connectivity index (χ3n) is 4.07. The van der Waals surface area contributed by atoms with Crippen LogP contribution < -0.4 is 16.0 Å². The molecular formula is C18H24Cl2N4O. The quantitative estimate of drug-likeness (QED) is 0.779. The molecule has 5 nitrogen and oxygen atoms in total. The summed E-state index contributed by atoms with van der Waals surface area (Å²) >= 11 is 0. The van der Waals surface area contributed by atoms with Crippen LogP contribution in [0.1, 0.15) is 24.0 Å². The summed E-state index contributed by atoms with van der Waals surface area (Å²) in [5.74, 6) is 1.02. The standard InChI is InChI=1S/C18H22N4O.2ClH/c19-16-5-3-14(4-6-16)12-18(23)21-13-15-7-8-20-17(11-15)22-9-1-2-10-22;;/h3-8,11H,1-2,9-10,12-13,19H2,(H,21,23);2*1H. The SMILES string of the molecule is Cl.Cl.Nc1ccc(CC(=O)NCc2ccnc(N3CCCC3)c2)cc1.